The number of benzene rings is 3. The van der Waals surface area contributed by atoms with Gasteiger partial charge in [0.2, 0.25) is 5.78 Å². The van der Waals surface area contributed by atoms with Crippen molar-refractivity contribution in [2.24, 2.45) is 0 Å². The molecule has 0 atom stereocenters. The van der Waals surface area contributed by atoms with Crippen molar-refractivity contribution in [2.75, 3.05) is 6.61 Å². The molecule has 1 heterocycles. The van der Waals surface area contributed by atoms with Crippen LogP contribution < -0.4 is 9.47 Å². The van der Waals surface area contributed by atoms with E-state index in [1.165, 1.54) is 36.4 Å². The third-order valence-corrected chi connectivity index (χ3v) is 5.03. The first-order valence-electron chi connectivity index (χ1n) is 8.86. The molecule has 1 aliphatic heterocycles. The zero-order chi connectivity index (χ0) is 21.3. The fraction of sp³-hybridized carbons (Fsp3) is 0.0435. The lowest BCUT2D eigenvalue weighted by atomic mass is 10.1. The number of ketones is 2. The van der Waals surface area contributed by atoms with Crippen LogP contribution in [0.15, 0.2) is 66.4 Å². The molecule has 30 heavy (non-hydrogen) atoms. The quantitative estimate of drug-likeness (QED) is 0.358. The largest absolute Gasteiger partial charge is 0.485 e. The van der Waals surface area contributed by atoms with Crippen molar-refractivity contribution < 1.29 is 23.5 Å². The van der Waals surface area contributed by atoms with Gasteiger partial charge in [0.1, 0.15) is 17.3 Å². The molecule has 0 fully saturated rings. The Morgan fingerprint density at radius 1 is 1.07 bits per heavy atom. The van der Waals surface area contributed by atoms with Gasteiger partial charge < -0.3 is 9.47 Å². The minimum atomic E-state index is -0.563. The lowest BCUT2D eigenvalue weighted by Gasteiger charge is -2.07. The summed E-state index contributed by atoms with van der Waals surface area (Å²) in [5, 5.41) is 0.702. The molecule has 0 N–H and O–H groups in total. The number of ether oxygens (including phenoxy) is 2. The van der Waals surface area contributed by atoms with Crippen molar-refractivity contribution in [3.63, 3.8) is 0 Å². The number of hydrogen-bond acceptors (Lipinski definition) is 4. The molecule has 0 unspecified atom stereocenters. The number of Topliss-reactive ketones (excluding diaryl/α,β-unsaturated/α-hetero) is 2. The second kappa shape index (κ2) is 8.30. The number of allylic oxidation sites excluding steroid dienone is 1. The summed E-state index contributed by atoms with van der Waals surface area (Å²) in [6, 6.07) is 15.3. The minimum Gasteiger partial charge on any atom is -0.485 e. The Hall–Kier alpha value is -3.15. The van der Waals surface area contributed by atoms with Gasteiger partial charge in [0.15, 0.2) is 18.1 Å². The predicted octanol–water partition coefficient (Wildman–Crippen LogP) is 6.01. The van der Waals surface area contributed by atoms with Crippen LogP contribution in [-0.4, -0.2) is 18.2 Å². The van der Waals surface area contributed by atoms with E-state index in [1.807, 2.05) is 0 Å². The van der Waals surface area contributed by atoms with Crippen LogP contribution in [0.3, 0.4) is 0 Å². The zero-order valence-corrected chi connectivity index (χ0v) is 16.8. The van der Waals surface area contributed by atoms with Gasteiger partial charge in [-0.2, -0.15) is 0 Å². The van der Waals surface area contributed by atoms with Gasteiger partial charge in [0.25, 0.3) is 0 Å². The highest BCUT2D eigenvalue weighted by Crippen LogP contribution is 2.35. The van der Waals surface area contributed by atoms with E-state index in [-0.39, 0.29) is 34.5 Å². The Morgan fingerprint density at radius 3 is 2.57 bits per heavy atom. The molecule has 0 radical (unpaired) electrons. The van der Waals surface area contributed by atoms with Crippen LogP contribution in [0, 0.1) is 5.82 Å². The van der Waals surface area contributed by atoms with Gasteiger partial charge in [0, 0.05) is 22.2 Å². The molecular weight excluding hydrogens is 430 g/mol. The number of carbonyl (C=O) groups is 2. The summed E-state index contributed by atoms with van der Waals surface area (Å²) < 4.78 is 25.1. The summed E-state index contributed by atoms with van der Waals surface area (Å²) in [6.45, 7) is -0.193. The first-order valence-corrected chi connectivity index (χ1v) is 9.62. The van der Waals surface area contributed by atoms with Crippen molar-refractivity contribution in [3.8, 4) is 11.5 Å². The third kappa shape index (κ3) is 4.08. The number of fused-ring (bicyclic) bond motifs is 1. The van der Waals surface area contributed by atoms with Crippen molar-refractivity contribution in [1.82, 2.24) is 0 Å². The Balaban J connectivity index is 1.50. The first-order chi connectivity index (χ1) is 14.4. The second-order valence-electron chi connectivity index (χ2n) is 6.45. The predicted molar refractivity (Wildman–Crippen MR) is 112 cm³/mol. The van der Waals surface area contributed by atoms with E-state index in [0.29, 0.717) is 21.9 Å². The SMILES string of the molecule is O=C(COc1ccc2c(c1)O/C(=C\c1c(F)cccc1Cl)C2=O)c1ccc(Cl)cc1. The number of hydrogen-bond donors (Lipinski definition) is 0. The Bertz CT molecular complexity index is 1170. The van der Waals surface area contributed by atoms with Gasteiger partial charge in [0.05, 0.1) is 10.6 Å². The summed E-state index contributed by atoms with van der Waals surface area (Å²) in [4.78, 5) is 24.8. The van der Waals surface area contributed by atoms with E-state index >= 15 is 0 Å². The summed E-state index contributed by atoms with van der Waals surface area (Å²) in [5.74, 6) is -0.616. The third-order valence-electron chi connectivity index (χ3n) is 4.45. The first kappa shape index (κ1) is 20.1. The van der Waals surface area contributed by atoms with Crippen molar-refractivity contribution in [1.29, 1.82) is 0 Å². The maximum absolute atomic E-state index is 14.0. The van der Waals surface area contributed by atoms with E-state index in [2.05, 4.69) is 0 Å². The van der Waals surface area contributed by atoms with E-state index in [1.54, 1.807) is 30.3 Å². The molecule has 0 amide bonds. The molecule has 0 spiro atoms. The molecule has 3 aromatic rings. The second-order valence-corrected chi connectivity index (χ2v) is 7.30. The molecular formula is C23H13Cl2FO4. The van der Waals surface area contributed by atoms with Gasteiger partial charge in [-0.25, -0.2) is 4.39 Å². The van der Waals surface area contributed by atoms with Crippen LogP contribution in [0.4, 0.5) is 4.39 Å². The number of halogens is 3. The van der Waals surface area contributed by atoms with Crippen LogP contribution in [0.2, 0.25) is 10.0 Å². The topological polar surface area (TPSA) is 52.6 Å². The smallest absolute Gasteiger partial charge is 0.231 e. The van der Waals surface area contributed by atoms with Crippen LogP contribution in [0.25, 0.3) is 6.08 Å². The highest BCUT2D eigenvalue weighted by molar-refractivity contribution is 6.32. The van der Waals surface area contributed by atoms with Gasteiger partial charge in [-0.15, -0.1) is 0 Å². The Kier molecular flexibility index (Phi) is 5.57. The molecule has 0 saturated heterocycles. The molecule has 0 bridgehead atoms. The normalized spacial score (nSPS) is 13.8. The summed E-state index contributed by atoms with van der Waals surface area (Å²) in [7, 11) is 0. The Labute approximate surface area is 181 Å². The average Bonchev–Trinajstić information content (AvgIpc) is 3.04. The van der Waals surface area contributed by atoms with Crippen molar-refractivity contribution >= 4 is 40.8 Å². The summed E-state index contributed by atoms with van der Waals surface area (Å²) >= 11 is 11.8. The molecule has 0 aromatic heterocycles. The monoisotopic (exact) mass is 442 g/mol. The number of rotatable bonds is 5. The summed E-state index contributed by atoms with van der Waals surface area (Å²) in [5.41, 5.74) is 0.851. The van der Waals surface area contributed by atoms with Gasteiger partial charge in [-0.3, -0.25) is 9.59 Å². The molecule has 1 aliphatic rings. The molecule has 0 aliphatic carbocycles. The minimum absolute atomic E-state index is 0.0496. The zero-order valence-electron chi connectivity index (χ0n) is 15.3. The van der Waals surface area contributed by atoms with E-state index < -0.39 is 11.6 Å². The van der Waals surface area contributed by atoms with Crippen LogP contribution in [0.5, 0.6) is 11.5 Å². The molecule has 7 heteroatoms. The van der Waals surface area contributed by atoms with Gasteiger partial charge in [-0.05, 0) is 54.6 Å². The lowest BCUT2D eigenvalue weighted by molar-refractivity contribution is 0.0921. The highest BCUT2D eigenvalue weighted by atomic mass is 35.5. The Morgan fingerprint density at radius 2 is 1.83 bits per heavy atom. The molecule has 4 rings (SSSR count). The molecule has 0 saturated carbocycles. The van der Waals surface area contributed by atoms with E-state index in [4.69, 9.17) is 32.7 Å². The fourth-order valence-electron chi connectivity index (χ4n) is 2.90. The highest BCUT2D eigenvalue weighted by Gasteiger charge is 2.28. The van der Waals surface area contributed by atoms with Crippen molar-refractivity contribution in [2.45, 2.75) is 0 Å². The molecule has 3 aromatic carbocycles. The maximum atomic E-state index is 14.0. The molecule has 4 nitrogen and oxygen atoms in total. The maximum Gasteiger partial charge on any atom is 0.231 e. The van der Waals surface area contributed by atoms with Crippen LogP contribution in [-0.2, 0) is 0 Å². The standard InChI is InChI=1S/C23H13Cl2FO4/c24-14-6-4-13(5-7-14)20(27)12-29-15-8-9-16-21(10-15)30-22(23(16)28)11-17-18(25)2-1-3-19(17)26/h1-11H,12H2/b22-11-. The fourth-order valence-corrected chi connectivity index (χ4v) is 3.25. The molecule has 150 valence electrons. The summed E-state index contributed by atoms with van der Waals surface area (Å²) in [6.07, 6.45) is 1.27. The van der Waals surface area contributed by atoms with Gasteiger partial charge >= 0.3 is 0 Å². The van der Waals surface area contributed by atoms with Crippen molar-refractivity contribution in [3.05, 3.63) is 99.0 Å². The van der Waals surface area contributed by atoms with E-state index in [0.717, 1.165) is 0 Å². The van der Waals surface area contributed by atoms with Crippen LogP contribution in [0.1, 0.15) is 26.3 Å². The lowest BCUT2D eigenvalue weighted by Crippen LogP contribution is -2.11. The van der Waals surface area contributed by atoms with E-state index in [9.17, 15) is 14.0 Å². The van der Waals surface area contributed by atoms with Gasteiger partial charge in [-0.1, -0.05) is 29.3 Å². The average molecular weight is 443 g/mol. The van der Waals surface area contributed by atoms with Crippen LogP contribution >= 0.6 is 23.2 Å². The number of carbonyl (C=O) groups excluding carboxylic acids is 2.